The zero-order chi connectivity index (χ0) is 11.6. The van der Waals surface area contributed by atoms with Crippen LogP contribution in [-0.2, 0) is 0 Å². The van der Waals surface area contributed by atoms with E-state index in [0.717, 1.165) is 6.92 Å². The number of hydrogen-bond acceptors (Lipinski definition) is 0. The molecule has 7 heteroatoms. The average molecular weight is 226 g/mol. The molecule has 0 saturated carbocycles. The molecule has 0 aliphatic heterocycles. The molecular formula is C7H9F7. The van der Waals surface area contributed by atoms with Crippen LogP contribution < -0.4 is 0 Å². The second kappa shape index (κ2) is 4.35. The van der Waals surface area contributed by atoms with E-state index in [-0.39, 0.29) is 0 Å². The molecule has 0 heterocycles. The topological polar surface area (TPSA) is 0 Å². The van der Waals surface area contributed by atoms with E-state index in [1.54, 1.807) is 0 Å². The highest BCUT2D eigenvalue weighted by molar-refractivity contribution is 4.83. The van der Waals surface area contributed by atoms with Gasteiger partial charge in [-0.15, -0.1) is 0 Å². The predicted octanol–water partition coefficient (Wildman–Crippen LogP) is 3.66. The zero-order valence-corrected chi connectivity index (χ0v) is 7.21. The van der Waals surface area contributed by atoms with Crippen LogP contribution in [-0.4, -0.2) is 24.4 Å². The normalized spacial score (nSPS) is 18.0. The van der Waals surface area contributed by atoms with Crippen molar-refractivity contribution < 1.29 is 30.7 Å². The molecule has 0 fully saturated rings. The summed E-state index contributed by atoms with van der Waals surface area (Å²) in [5.74, 6) is -4.05. The summed E-state index contributed by atoms with van der Waals surface area (Å²) in [5, 5.41) is 0. The van der Waals surface area contributed by atoms with Crippen molar-refractivity contribution in [1.82, 2.24) is 0 Å². The molecule has 0 aliphatic rings. The number of hydrogen-bond donors (Lipinski definition) is 0. The fourth-order valence-electron chi connectivity index (χ4n) is 0.784. The SMILES string of the molecule is CCC(F)(F)[C@@H](F)C(F)CC(F)(F)F. The van der Waals surface area contributed by atoms with E-state index in [2.05, 4.69) is 0 Å². The first-order valence-electron chi connectivity index (χ1n) is 3.83. The lowest BCUT2D eigenvalue weighted by Gasteiger charge is -2.22. The minimum absolute atomic E-state index is 0.868. The number of halogens is 7. The third kappa shape index (κ3) is 4.15. The van der Waals surface area contributed by atoms with Crippen LogP contribution in [0.15, 0.2) is 0 Å². The maximum atomic E-state index is 12.5. The maximum Gasteiger partial charge on any atom is 0.392 e. The van der Waals surface area contributed by atoms with Crippen LogP contribution >= 0.6 is 0 Å². The summed E-state index contributed by atoms with van der Waals surface area (Å²) in [7, 11) is 0. The van der Waals surface area contributed by atoms with E-state index in [4.69, 9.17) is 0 Å². The molecule has 0 aromatic heterocycles. The highest BCUT2D eigenvalue weighted by Crippen LogP contribution is 2.33. The number of rotatable bonds is 4. The molecule has 0 rings (SSSR count). The lowest BCUT2D eigenvalue weighted by atomic mass is 10.0. The van der Waals surface area contributed by atoms with Gasteiger partial charge in [0.1, 0.15) is 6.17 Å². The standard InChI is InChI=1S/C7H9F7/c1-2-6(10,11)5(9)4(8)3-7(12,13)14/h4-5H,2-3H2,1H3/t4?,5-/m0/s1. The van der Waals surface area contributed by atoms with Crippen LogP contribution in [0.2, 0.25) is 0 Å². The van der Waals surface area contributed by atoms with Crippen LogP contribution in [0.4, 0.5) is 30.7 Å². The summed E-state index contributed by atoms with van der Waals surface area (Å²) in [6.45, 7) is 0.868. The van der Waals surface area contributed by atoms with Crippen molar-refractivity contribution in [3.05, 3.63) is 0 Å². The molecule has 14 heavy (non-hydrogen) atoms. The molecule has 0 bridgehead atoms. The van der Waals surface area contributed by atoms with E-state index in [1.807, 2.05) is 0 Å². The number of alkyl halides is 7. The molecule has 2 atom stereocenters. The van der Waals surface area contributed by atoms with Crippen LogP contribution in [0.5, 0.6) is 0 Å². The highest BCUT2D eigenvalue weighted by Gasteiger charge is 2.47. The van der Waals surface area contributed by atoms with Gasteiger partial charge in [0, 0.05) is 6.42 Å². The van der Waals surface area contributed by atoms with Gasteiger partial charge in [0.05, 0.1) is 6.42 Å². The molecule has 0 spiro atoms. The summed E-state index contributed by atoms with van der Waals surface area (Å²) >= 11 is 0. The van der Waals surface area contributed by atoms with Crippen LogP contribution in [0, 0.1) is 0 Å². The fourth-order valence-corrected chi connectivity index (χ4v) is 0.784. The molecule has 0 saturated heterocycles. The Labute approximate surface area is 76.1 Å². The molecule has 0 N–H and O–H groups in total. The Morgan fingerprint density at radius 2 is 1.43 bits per heavy atom. The van der Waals surface area contributed by atoms with Crippen molar-refractivity contribution in [2.45, 2.75) is 44.2 Å². The molecule has 1 unspecified atom stereocenters. The van der Waals surface area contributed by atoms with Crippen molar-refractivity contribution in [1.29, 1.82) is 0 Å². The Hall–Kier alpha value is -0.490. The molecule has 0 nitrogen and oxygen atoms in total. The van der Waals surface area contributed by atoms with E-state index >= 15 is 0 Å². The molecule has 0 radical (unpaired) electrons. The van der Waals surface area contributed by atoms with Crippen LogP contribution in [0.3, 0.4) is 0 Å². The lowest BCUT2D eigenvalue weighted by molar-refractivity contribution is -0.169. The van der Waals surface area contributed by atoms with Crippen molar-refractivity contribution in [3.63, 3.8) is 0 Å². The van der Waals surface area contributed by atoms with E-state index in [1.165, 1.54) is 0 Å². The Kier molecular flexibility index (Phi) is 4.20. The Bertz CT molecular complexity index is 173. The van der Waals surface area contributed by atoms with Gasteiger partial charge < -0.3 is 0 Å². The highest BCUT2D eigenvalue weighted by atomic mass is 19.4. The van der Waals surface area contributed by atoms with Gasteiger partial charge in [-0.2, -0.15) is 13.2 Å². The molecule has 0 aliphatic carbocycles. The average Bonchev–Trinajstić information content (AvgIpc) is 2.00. The van der Waals surface area contributed by atoms with E-state index in [0.29, 0.717) is 0 Å². The molecular weight excluding hydrogens is 217 g/mol. The Morgan fingerprint density at radius 3 is 1.71 bits per heavy atom. The van der Waals surface area contributed by atoms with Gasteiger partial charge >= 0.3 is 6.18 Å². The Morgan fingerprint density at radius 1 is 1.00 bits per heavy atom. The predicted molar refractivity (Wildman–Crippen MR) is 35.7 cm³/mol. The van der Waals surface area contributed by atoms with Crippen LogP contribution in [0.1, 0.15) is 19.8 Å². The van der Waals surface area contributed by atoms with Gasteiger partial charge in [0.15, 0.2) is 6.17 Å². The molecule has 0 aromatic carbocycles. The van der Waals surface area contributed by atoms with Gasteiger partial charge in [0.25, 0.3) is 5.92 Å². The zero-order valence-electron chi connectivity index (χ0n) is 7.21. The summed E-state index contributed by atoms with van der Waals surface area (Å²) < 4.78 is 84.2. The molecule has 86 valence electrons. The molecule has 0 aromatic rings. The smallest absolute Gasteiger partial charge is 0.244 e. The summed E-state index contributed by atoms with van der Waals surface area (Å²) in [6.07, 6.45) is -14.8. The first-order valence-corrected chi connectivity index (χ1v) is 3.83. The Balaban J connectivity index is 4.33. The summed E-state index contributed by atoms with van der Waals surface area (Å²) in [6, 6.07) is 0. The largest absolute Gasteiger partial charge is 0.392 e. The van der Waals surface area contributed by atoms with Gasteiger partial charge in [-0.05, 0) is 0 Å². The van der Waals surface area contributed by atoms with Crippen LogP contribution in [0.25, 0.3) is 0 Å². The third-order valence-electron chi connectivity index (χ3n) is 1.62. The summed E-state index contributed by atoms with van der Waals surface area (Å²) in [4.78, 5) is 0. The van der Waals surface area contributed by atoms with E-state index in [9.17, 15) is 30.7 Å². The maximum absolute atomic E-state index is 12.5. The molecule has 0 amide bonds. The van der Waals surface area contributed by atoms with Gasteiger partial charge in [-0.1, -0.05) is 6.92 Å². The van der Waals surface area contributed by atoms with Crippen molar-refractivity contribution in [2.75, 3.05) is 0 Å². The van der Waals surface area contributed by atoms with Crippen molar-refractivity contribution >= 4 is 0 Å². The van der Waals surface area contributed by atoms with Gasteiger partial charge in [-0.3, -0.25) is 0 Å². The third-order valence-corrected chi connectivity index (χ3v) is 1.62. The minimum atomic E-state index is -4.98. The second-order valence-corrected chi connectivity index (χ2v) is 2.85. The second-order valence-electron chi connectivity index (χ2n) is 2.85. The minimum Gasteiger partial charge on any atom is -0.244 e. The quantitative estimate of drug-likeness (QED) is 0.641. The van der Waals surface area contributed by atoms with Gasteiger partial charge in [-0.25, -0.2) is 17.6 Å². The van der Waals surface area contributed by atoms with Gasteiger partial charge in [0.2, 0.25) is 0 Å². The lowest BCUT2D eigenvalue weighted by Crippen LogP contribution is -2.38. The first-order chi connectivity index (χ1) is 6.10. The van der Waals surface area contributed by atoms with Crippen molar-refractivity contribution in [2.24, 2.45) is 0 Å². The van der Waals surface area contributed by atoms with E-state index < -0.39 is 37.3 Å². The fraction of sp³-hybridized carbons (Fsp3) is 1.00. The summed E-state index contributed by atoms with van der Waals surface area (Å²) in [5.41, 5.74) is 0. The van der Waals surface area contributed by atoms with Crippen molar-refractivity contribution in [3.8, 4) is 0 Å². The monoisotopic (exact) mass is 226 g/mol. The first kappa shape index (κ1) is 13.5.